The lowest BCUT2D eigenvalue weighted by atomic mass is 10.0. The molecule has 1 aromatic carbocycles. The molecule has 44 heavy (non-hydrogen) atoms. The standard InChI is InChI=1S/C32H42Cl2N6O4/c1-5-7-14-44-26-17-25(42-4)28(33)27(29(26)34)24-16-21-18-35-32(36-22-8-11-38(3)12-9-22)37-30(21)40(31(24)41)13-15-43-23-19-39(20-23)10-6-2/h6,16-18,22-23H,2,5,7-15,19-20H2,1,3-4H3,(H,35,36,37). The summed E-state index contributed by atoms with van der Waals surface area (Å²) >= 11 is 13.7. The first-order valence-electron chi connectivity index (χ1n) is 15.3. The topological polar surface area (TPSA) is 94.0 Å². The number of halogens is 2. The van der Waals surface area contributed by atoms with Crippen LogP contribution in [0.25, 0.3) is 22.2 Å². The maximum atomic E-state index is 14.3. The summed E-state index contributed by atoms with van der Waals surface area (Å²) < 4.78 is 19.3. The lowest BCUT2D eigenvalue weighted by Gasteiger charge is -2.38. The Bertz CT molecular complexity index is 1520. The normalized spacial score (nSPS) is 16.7. The van der Waals surface area contributed by atoms with Crippen LogP contribution < -0.4 is 20.3 Å². The maximum Gasteiger partial charge on any atom is 0.260 e. The molecule has 5 rings (SSSR count). The quantitative estimate of drug-likeness (QED) is 0.184. The number of nitrogens with one attached hydrogen (secondary N) is 1. The molecule has 1 N–H and O–H groups in total. The lowest BCUT2D eigenvalue weighted by Crippen LogP contribution is -2.52. The molecule has 0 spiro atoms. The van der Waals surface area contributed by atoms with E-state index in [1.54, 1.807) is 22.9 Å². The van der Waals surface area contributed by atoms with Crippen molar-refractivity contribution >= 4 is 40.2 Å². The highest BCUT2D eigenvalue weighted by molar-refractivity contribution is 6.41. The predicted molar refractivity (Wildman–Crippen MR) is 177 cm³/mol. The van der Waals surface area contributed by atoms with Gasteiger partial charge in [0.15, 0.2) is 0 Å². The molecule has 0 amide bonds. The number of methoxy groups -OCH3 is 1. The van der Waals surface area contributed by atoms with Gasteiger partial charge in [0.1, 0.15) is 17.1 Å². The Kier molecular flexibility index (Phi) is 11.0. The summed E-state index contributed by atoms with van der Waals surface area (Å²) in [5.41, 5.74) is 0.897. The van der Waals surface area contributed by atoms with E-state index in [9.17, 15) is 4.79 Å². The van der Waals surface area contributed by atoms with E-state index in [1.807, 2.05) is 6.08 Å². The van der Waals surface area contributed by atoms with Crippen molar-refractivity contribution in [2.75, 3.05) is 65.4 Å². The summed E-state index contributed by atoms with van der Waals surface area (Å²) in [5.74, 6) is 1.28. The Balaban J connectivity index is 1.52. The second-order valence-electron chi connectivity index (χ2n) is 11.5. The molecule has 3 aromatic rings. The van der Waals surface area contributed by atoms with Gasteiger partial charge in [-0.15, -0.1) is 6.58 Å². The Morgan fingerprint density at radius 1 is 1.14 bits per heavy atom. The van der Waals surface area contributed by atoms with E-state index in [4.69, 9.17) is 42.4 Å². The predicted octanol–water partition coefficient (Wildman–Crippen LogP) is 5.35. The number of piperidine rings is 1. The van der Waals surface area contributed by atoms with Crippen LogP contribution in [-0.2, 0) is 11.3 Å². The number of benzene rings is 1. The summed E-state index contributed by atoms with van der Waals surface area (Å²) in [6, 6.07) is 3.68. The van der Waals surface area contributed by atoms with Gasteiger partial charge in [0.2, 0.25) is 5.95 Å². The summed E-state index contributed by atoms with van der Waals surface area (Å²) in [7, 11) is 3.65. The summed E-state index contributed by atoms with van der Waals surface area (Å²) in [4.78, 5) is 28.3. The van der Waals surface area contributed by atoms with Crippen LogP contribution >= 0.6 is 23.2 Å². The fourth-order valence-corrected chi connectivity index (χ4v) is 6.31. The number of unbranched alkanes of at least 4 members (excludes halogenated alkanes) is 1. The Morgan fingerprint density at radius 3 is 2.59 bits per heavy atom. The molecule has 2 aromatic heterocycles. The molecular weight excluding hydrogens is 603 g/mol. The molecule has 10 nitrogen and oxygen atoms in total. The van der Waals surface area contributed by atoms with Crippen molar-refractivity contribution in [3.05, 3.63) is 51.4 Å². The number of aromatic nitrogens is 3. The minimum absolute atomic E-state index is 0.112. The van der Waals surface area contributed by atoms with Crippen LogP contribution in [0.1, 0.15) is 32.6 Å². The molecule has 238 valence electrons. The van der Waals surface area contributed by atoms with E-state index in [2.05, 4.69) is 40.7 Å². The van der Waals surface area contributed by atoms with Gasteiger partial charge < -0.3 is 24.4 Å². The smallest absolute Gasteiger partial charge is 0.260 e. The van der Waals surface area contributed by atoms with E-state index in [0.717, 1.165) is 58.4 Å². The number of rotatable bonds is 14. The number of likely N-dealkylation sites (tertiary alicyclic amines) is 2. The highest BCUT2D eigenvalue weighted by atomic mass is 35.5. The highest BCUT2D eigenvalue weighted by Gasteiger charge is 2.27. The molecule has 0 aliphatic carbocycles. The summed E-state index contributed by atoms with van der Waals surface area (Å²) in [6.07, 6.45) is 7.56. The third-order valence-corrected chi connectivity index (χ3v) is 8.99. The molecule has 0 bridgehead atoms. The zero-order chi connectivity index (χ0) is 31.2. The molecule has 2 aliphatic rings. The van der Waals surface area contributed by atoms with E-state index in [-0.39, 0.29) is 27.8 Å². The minimum Gasteiger partial charge on any atom is -0.495 e. The molecule has 2 saturated heterocycles. The number of nitrogens with zero attached hydrogens (tertiary/aromatic N) is 5. The van der Waals surface area contributed by atoms with Gasteiger partial charge in [-0.1, -0.05) is 42.6 Å². The molecule has 4 heterocycles. The average molecular weight is 646 g/mol. The Morgan fingerprint density at radius 2 is 1.89 bits per heavy atom. The first-order valence-corrected chi connectivity index (χ1v) is 16.1. The lowest BCUT2D eigenvalue weighted by molar-refractivity contribution is -0.0516. The summed E-state index contributed by atoms with van der Waals surface area (Å²) in [5, 5.41) is 4.64. The zero-order valence-electron chi connectivity index (χ0n) is 25.8. The fraction of sp³-hybridized carbons (Fsp3) is 0.531. The van der Waals surface area contributed by atoms with Gasteiger partial charge in [-0.3, -0.25) is 14.3 Å². The number of pyridine rings is 1. The fourth-order valence-electron chi connectivity index (χ4n) is 5.63. The largest absolute Gasteiger partial charge is 0.495 e. The van der Waals surface area contributed by atoms with Crippen molar-refractivity contribution in [2.24, 2.45) is 0 Å². The van der Waals surface area contributed by atoms with Crippen molar-refractivity contribution in [3.63, 3.8) is 0 Å². The van der Waals surface area contributed by atoms with Gasteiger partial charge in [0.05, 0.1) is 48.6 Å². The second-order valence-corrected chi connectivity index (χ2v) is 12.2. The number of hydrogen-bond acceptors (Lipinski definition) is 9. The SMILES string of the molecule is C=CCN1CC(OCCn2c(=O)c(-c3c(Cl)c(OC)cc(OCCCC)c3Cl)cc3cnc(NC4CCN(C)CC4)nc32)C1. The van der Waals surface area contributed by atoms with Crippen molar-refractivity contribution in [2.45, 2.75) is 51.3 Å². The zero-order valence-corrected chi connectivity index (χ0v) is 27.3. The molecule has 0 atom stereocenters. The highest BCUT2D eigenvalue weighted by Crippen LogP contribution is 2.45. The van der Waals surface area contributed by atoms with E-state index in [1.165, 1.54) is 7.11 Å². The summed E-state index contributed by atoms with van der Waals surface area (Å²) in [6.45, 7) is 11.5. The number of anilines is 1. The average Bonchev–Trinajstić information content (AvgIpc) is 2.99. The minimum atomic E-state index is -0.288. The molecule has 0 saturated carbocycles. The van der Waals surface area contributed by atoms with Gasteiger partial charge in [-0.25, -0.2) is 4.98 Å². The number of ether oxygens (including phenoxy) is 3. The number of fused-ring (bicyclic) bond motifs is 1. The molecule has 0 radical (unpaired) electrons. The van der Waals surface area contributed by atoms with Crippen molar-refractivity contribution in [1.82, 2.24) is 24.3 Å². The van der Waals surface area contributed by atoms with Gasteiger partial charge in [-0.2, -0.15) is 4.98 Å². The van der Waals surface area contributed by atoms with Crippen molar-refractivity contribution in [3.8, 4) is 22.6 Å². The van der Waals surface area contributed by atoms with E-state index in [0.29, 0.717) is 59.4 Å². The molecule has 2 aliphatic heterocycles. The van der Waals surface area contributed by atoms with Crippen LogP contribution in [0.5, 0.6) is 11.5 Å². The third kappa shape index (κ3) is 7.32. The molecule has 0 unspecified atom stereocenters. The number of hydrogen-bond donors (Lipinski definition) is 1. The van der Waals surface area contributed by atoms with Crippen LogP contribution in [0.3, 0.4) is 0 Å². The monoisotopic (exact) mass is 644 g/mol. The van der Waals surface area contributed by atoms with Crippen LogP contribution in [0, 0.1) is 0 Å². The third-order valence-electron chi connectivity index (χ3n) is 8.24. The van der Waals surface area contributed by atoms with Crippen molar-refractivity contribution < 1.29 is 14.2 Å². The first-order chi connectivity index (χ1) is 21.3. The van der Waals surface area contributed by atoms with Gasteiger partial charge in [0, 0.05) is 48.9 Å². The van der Waals surface area contributed by atoms with Crippen LogP contribution in [0.4, 0.5) is 5.95 Å². The van der Waals surface area contributed by atoms with Gasteiger partial charge >= 0.3 is 0 Å². The van der Waals surface area contributed by atoms with Crippen LogP contribution in [0.2, 0.25) is 10.0 Å². The molecule has 12 heteroatoms. The van der Waals surface area contributed by atoms with Gasteiger partial charge in [-0.05, 0) is 45.5 Å². The van der Waals surface area contributed by atoms with E-state index >= 15 is 0 Å². The maximum absolute atomic E-state index is 14.3. The van der Waals surface area contributed by atoms with E-state index < -0.39 is 0 Å². The molecular formula is C32H42Cl2N6O4. The van der Waals surface area contributed by atoms with Gasteiger partial charge in [0.25, 0.3) is 5.56 Å². The Hall–Kier alpha value is -2.89. The Labute approximate surface area is 268 Å². The van der Waals surface area contributed by atoms with Crippen LogP contribution in [-0.4, -0.2) is 96.6 Å². The molecule has 2 fully saturated rings. The van der Waals surface area contributed by atoms with Crippen molar-refractivity contribution in [1.29, 1.82) is 0 Å². The van der Waals surface area contributed by atoms with Crippen LogP contribution in [0.15, 0.2) is 35.8 Å². The second kappa shape index (κ2) is 14.9. The first kappa shape index (κ1) is 32.5.